The third-order valence-electron chi connectivity index (χ3n) is 5.19. The molecule has 3 aromatic carbocycles. The minimum atomic E-state index is 0.408. The Labute approximate surface area is 180 Å². The molecule has 2 heterocycles. The van der Waals surface area contributed by atoms with E-state index in [9.17, 15) is 5.26 Å². The first-order valence-electron chi connectivity index (χ1n) is 9.93. The summed E-state index contributed by atoms with van der Waals surface area (Å²) in [5, 5.41) is 11.4. The van der Waals surface area contributed by atoms with Gasteiger partial charge in [0.05, 0.1) is 24.2 Å². The van der Waals surface area contributed by atoms with Gasteiger partial charge in [-0.05, 0) is 58.3 Å². The molecule has 0 aliphatic rings. The molecule has 0 bridgehead atoms. The molecule has 5 rings (SSSR count). The lowest BCUT2D eigenvalue weighted by Crippen LogP contribution is -1.97. The van der Waals surface area contributed by atoms with Gasteiger partial charge in [-0.2, -0.15) is 5.26 Å². The molecule has 2 aromatic heterocycles. The van der Waals surface area contributed by atoms with Gasteiger partial charge in [0.1, 0.15) is 12.4 Å². The van der Waals surface area contributed by atoms with Crippen molar-refractivity contribution in [2.75, 3.05) is 0 Å². The summed E-state index contributed by atoms with van der Waals surface area (Å²) in [6, 6.07) is 26.1. The van der Waals surface area contributed by atoms with Crippen LogP contribution >= 0.6 is 0 Å². The molecule has 0 radical (unpaired) electrons. The summed E-state index contributed by atoms with van der Waals surface area (Å²) in [4.78, 5) is 4.36. The van der Waals surface area contributed by atoms with Crippen molar-refractivity contribution < 1.29 is 9.15 Å². The van der Waals surface area contributed by atoms with Crippen LogP contribution in [-0.2, 0) is 6.61 Å². The Balaban J connectivity index is 1.42. The molecule has 0 aliphatic carbocycles. The van der Waals surface area contributed by atoms with Crippen LogP contribution in [0.4, 0.5) is 0 Å². The van der Waals surface area contributed by atoms with Crippen molar-refractivity contribution in [1.29, 1.82) is 5.26 Å². The number of rotatable bonds is 5. The van der Waals surface area contributed by atoms with E-state index in [0.29, 0.717) is 12.2 Å². The Hall–Kier alpha value is -4.36. The first kappa shape index (κ1) is 18.7. The van der Waals surface area contributed by atoms with E-state index in [4.69, 9.17) is 9.15 Å². The molecule has 0 spiro atoms. The molecule has 0 N–H and O–H groups in total. The Morgan fingerprint density at radius 2 is 1.77 bits per heavy atom. The van der Waals surface area contributed by atoms with E-state index < -0.39 is 0 Å². The summed E-state index contributed by atoms with van der Waals surface area (Å²) >= 11 is 0. The van der Waals surface area contributed by atoms with Crippen LogP contribution in [0.5, 0.6) is 5.75 Å². The normalized spacial score (nSPS) is 10.7. The van der Waals surface area contributed by atoms with Gasteiger partial charge < -0.3 is 9.15 Å². The third kappa shape index (κ3) is 3.90. The van der Waals surface area contributed by atoms with Gasteiger partial charge in [-0.25, -0.2) is 0 Å². The number of hydrogen-bond acceptors (Lipinski definition) is 4. The van der Waals surface area contributed by atoms with E-state index >= 15 is 0 Å². The number of pyridine rings is 1. The first-order valence-corrected chi connectivity index (χ1v) is 9.93. The van der Waals surface area contributed by atoms with Crippen LogP contribution in [0.2, 0.25) is 0 Å². The van der Waals surface area contributed by atoms with E-state index in [0.717, 1.165) is 44.3 Å². The van der Waals surface area contributed by atoms with Gasteiger partial charge in [0, 0.05) is 29.1 Å². The van der Waals surface area contributed by atoms with Crippen LogP contribution in [0.3, 0.4) is 0 Å². The van der Waals surface area contributed by atoms with Gasteiger partial charge in [0.2, 0.25) is 0 Å². The second-order valence-corrected chi connectivity index (χ2v) is 7.27. The average molecular weight is 402 g/mol. The number of furan rings is 1. The summed E-state index contributed by atoms with van der Waals surface area (Å²) in [6.07, 6.45) is 7.00. The predicted molar refractivity (Wildman–Crippen MR) is 120 cm³/mol. The lowest BCUT2D eigenvalue weighted by molar-refractivity contribution is 0.306. The minimum Gasteiger partial charge on any atom is -0.489 e. The number of fused-ring (bicyclic) bond motifs is 1. The van der Waals surface area contributed by atoms with Crippen molar-refractivity contribution in [2.24, 2.45) is 0 Å². The van der Waals surface area contributed by atoms with Gasteiger partial charge >= 0.3 is 0 Å². The van der Waals surface area contributed by atoms with Crippen molar-refractivity contribution in [1.82, 2.24) is 4.98 Å². The SMILES string of the molecule is N#Cc1cc(-c2ccoc2)c2ccc(OCc3cncc(-c4ccccc4)c3)cc2c1. The summed E-state index contributed by atoms with van der Waals surface area (Å²) < 4.78 is 11.3. The van der Waals surface area contributed by atoms with Gasteiger partial charge in [0.15, 0.2) is 0 Å². The van der Waals surface area contributed by atoms with Crippen molar-refractivity contribution in [3.8, 4) is 34.1 Å². The number of hydrogen-bond donors (Lipinski definition) is 0. The molecule has 0 saturated heterocycles. The van der Waals surface area contributed by atoms with Crippen LogP contribution < -0.4 is 4.74 Å². The highest BCUT2D eigenvalue weighted by molar-refractivity contribution is 5.98. The van der Waals surface area contributed by atoms with Gasteiger partial charge in [0.25, 0.3) is 0 Å². The molecular formula is C27H18N2O2. The standard InChI is InChI=1S/C27H18N2O2/c28-14-19-10-23-13-25(6-7-26(23)27(12-19)22-8-9-30-18-22)31-17-20-11-24(16-29-15-20)21-4-2-1-3-5-21/h1-13,15-16,18H,17H2. The molecule has 0 unspecified atom stereocenters. The fraction of sp³-hybridized carbons (Fsp3) is 0.0370. The Bertz CT molecular complexity index is 1380. The highest BCUT2D eigenvalue weighted by Crippen LogP contribution is 2.33. The molecule has 4 heteroatoms. The van der Waals surface area contributed by atoms with Crippen molar-refractivity contribution in [2.45, 2.75) is 6.61 Å². The van der Waals surface area contributed by atoms with Gasteiger partial charge in [-0.15, -0.1) is 0 Å². The van der Waals surface area contributed by atoms with Gasteiger partial charge in [-0.3, -0.25) is 4.98 Å². The van der Waals surface area contributed by atoms with Gasteiger partial charge in [-0.1, -0.05) is 36.4 Å². The fourth-order valence-electron chi connectivity index (χ4n) is 3.68. The maximum atomic E-state index is 9.45. The molecule has 31 heavy (non-hydrogen) atoms. The first-order chi connectivity index (χ1) is 15.3. The third-order valence-corrected chi connectivity index (χ3v) is 5.19. The maximum absolute atomic E-state index is 9.45. The van der Waals surface area contributed by atoms with Crippen LogP contribution in [0, 0.1) is 11.3 Å². The number of nitrogens with zero attached hydrogens (tertiary/aromatic N) is 2. The minimum absolute atomic E-state index is 0.408. The second kappa shape index (κ2) is 8.17. The van der Waals surface area contributed by atoms with Crippen LogP contribution in [-0.4, -0.2) is 4.98 Å². The zero-order valence-electron chi connectivity index (χ0n) is 16.7. The summed E-state index contributed by atoms with van der Waals surface area (Å²) in [5.74, 6) is 0.742. The zero-order valence-corrected chi connectivity index (χ0v) is 16.7. The summed E-state index contributed by atoms with van der Waals surface area (Å²) in [5.41, 5.74) is 5.68. The maximum Gasteiger partial charge on any atom is 0.120 e. The molecule has 0 atom stereocenters. The smallest absolute Gasteiger partial charge is 0.120 e. The lowest BCUT2D eigenvalue weighted by Gasteiger charge is -2.11. The predicted octanol–water partition coefficient (Wildman–Crippen LogP) is 6.61. The largest absolute Gasteiger partial charge is 0.489 e. The summed E-state index contributed by atoms with van der Waals surface area (Å²) in [6.45, 7) is 0.408. The Kier molecular flexibility index (Phi) is 4.92. The van der Waals surface area contributed by atoms with Crippen molar-refractivity contribution in [3.05, 3.63) is 109 Å². The number of benzene rings is 3. The molecule has 5 aromatic rings. The van der Waals surface area contributed by atoms with Crippen LogP contribution in [0.1, 0.15) is 11.1 Å². The number of aromatic nitrogens is 1. The quantitative estimate of drug-likeness (QED) is 0.332. The lowest BCUT2D eigenvalue weighted by atomic mass is 9.97. The fourth-order valence-corrected chi connectivity index (χ4v) is 3.68. The van der Waals surface area contributed by atoms with E-state index in [1.807, 2.05) is 67.0 Å². The van der Waals surface area contributed by atoms with E-state index in [-0.39, 0.29) is 0 Å². The molecular weight excluding hydrogens is 384 g/mol. The molecule has 0 saturated carbocycles. The average Bonchev–Trinajstić information content (AvgIpc) is 3.37. The molecule has 0 amide bonds. The highest BCUT2D eigenvalue weighted by atomic mass is 16.5. The molecule has 0 fully saturated rings. The molecule has 0 aliphatic heterocycles. The number of nitriles is 1. The molecule has 148 valence electrons. The monoisotopic (exact) mass is 402 g/mol. The topological polar surface area (TPSA) is 59.0 Å². The van der Waals surface area contributed by atoms with Crippen LogP contribution in [0.25, 0.3) is 33.0 Å². The highest BCUT2D eigenvalue weighted by Gasteiger charge is 2.09. The molecule has 4 nitrogen and oxygen atoms in total. The Morgan fingerprint density at radius 1 is 0.871 bits per heavy atom. The van der Waals surface area contributed by atoms with E-state index in [2.05, 4.69) is 29.3 Å². The second-order valence-electron chi connectivity index (χ2n) is 7.27. The van der Waals surface area contributed by atoms with Crippen molar-refractivity contribution in [3.63, 3.8) is 0 Å². The van der Waals surface area contributed by atoms with E-state index in [1.54, 1.807) is 12.5 Å². The number of ether oxygens (including phenoxy) is 1. The summed E-state index contributed by atoms with van der Waals surface area (Å²) in [7, 11) is 0. The Morgan fingerprint density at radius 3 is 2.58 bits per heavy atom. The van der Waals surface area contributed by atoms with E-state index in [1.165, 1.54) is 0 Å². The van der Waals surface area contributed by atoms with Crippen LogP contribution in [0.15, 0.2) is 102 Å². The van der Waals surface area contributed by atoms with Crippen molar-refractivity contribution >= 4 is 10.8 Å². The zero-order chi connectivity index (χ0) is 21.0.